The van der Waals surface area contributed by atoms with Crippen molar-refractivity contribution in [1.82, 2.24) is 0 Å². The predicted molar refractivity (Wildman–Crippen MR) is 105 cm³/mol. The second-order valence-corrected chi connectivity index (χ2v) is 6.37. The lowest BCUT2D eigenvalue weighted by Gasteiger charge is -2.09. The standard InChI is InChI=1S/C20H21ClN2O4/c1-14-5-2-3-6-17(14)23-19(25)13-27-20(26)8-4-7-18(24)22-16-11-9-15(21)10-12-16/h2-3,5-6,9-12H,4,7-8,13H2,1H3,(H,22,24)(H,23,25). The zero-order chi connectivity index (χ0) is 19.6. The summed E-state index contributed by atoms with van der Waals surface area (Å²) in [4.78, 5) is 35.3. The molecule has 27 heavy (non-hydrogen) atoms. The third-order valence-electron chi connectivity index (χ3n) is 3.70. The molecule has 7 heteroatoms. The molecule has 6 nitrogen and oxygen atoms in total. The molecule has 142 valence electrons. The number of halogens is 1. The number of hydrogen-bond acceptors (Lipinski definition) is 4. The van der Waals surface area contributed by atoms with Crippen molar-refractivity contribution in [2.45, 2.75) is 26.2 Å². The van der Waals surface area contributed by atoms with Crippen LogP contribution in [0.25, 0.3) is 0 Å². The van der Waals surface area contributed by atoms with Gasteiger partial charge in [-0.2, -0.15) is 0 Å². The zero-order valence-corrected chi connectivity index (χ0v) is 15.7. The summed E-state index contributed by atoms with van der Waals surface area (Å²) in [6, 6.07) is 14.1. The minimum atomic E-state index is -0.519. The highest BCUT2D eigenvalue weighted by Gasteiger charge is 2.10. The Hall–Kier alpha value is -2.86. The van der Waals surface area contributed by atoms with Gasteiger partial charge in [0.25, 0.3) is 5.91 Å². The average molecular weight is 389 g/mol. The minimum Gasteiger partial charge on any atom is -0.456 e. The van der Waals surface area contributed by atoms with Crippen LogP contribution in [0, 0.1) is 6.92 Å². The highest BCUT2D eigenvalue weighted by molar-refractivity contribution is 6.30. The number of rotatable bonds is 8. The summed E-state index contributed by atoms with van der Waals surface area (Å²) in [5.41, 5.74) is 2.24. The number of para-hydroxylation sites is 1. The van der Waals surface area contributed by atoms with Gasteiger partial charge in [0.2, 0.25) is 5.91 Å². The quantitative estimate of drug-likeness (QED) is 0.671. The Morgan fingerprint density at radius 2 is 1.63 bits per heavy atom. The summed E-state index contributed by atoms with van der Waals surface area (Å²) < 4.78 is 4.93. The van der Waals surface area contributed by atoms with E-state index in [1.54, 1.807) is 30.3 Å². The van der Waals surface area contributed by atoms with Gasteiger partial charge in [0.1, 0.15) is 0 Å². The number of benzene rings is 2. The van der Waals surface area contributed by atoms with Crippen LogP contribution < -0.4 is 10.6 Å². The molecule has 0 radical (unpaired) electrons. The number of esters is 1. The molecule has 2 amide bonds. The molecule has 2 aromatic carbocycles. The highest BCUT2D eigenvalue weighted by atomic mass is 35.5. The van der Waals surface area contributed by atoms with Crippen molar-refractivity contribution in [3.63, 3.8) is 0 Å². The Kier molecular flexibility index (Phi) is 7.82. The van der Waals surface area contributed by atoms with Gasteiger partial charge in [0.05, 0.1) is 0 Å². The fraction of sp³-hybridized carbons (Fsp3) is 0.250. The van der Waals surface area contributed by atoms with E-state index in [4.69, 9.17) is 16.3 Å². The Morgan fingerprint density at radius 3 is 2.33 bits per heavy atom. The van der Waals surface area contributed by atoms with E-state index in [9.17, 15) is 14.4 Å². The summed E-state index contributed by atoms with van der Waals surface area (Å²) in [5.74, 6) is -1.13. The Morgan fingerprint density at radius 1 is 0.926 bits per heavy atom. The maximum Gasteiger partial charge on any atom is 0.306 e. The second kappa shape index (κ2) is 10.3. The van der Waals surface area contributed by atoms with Crippen LogP contribution in [0.15, 0.2) is 48.5 Å². The van der Waals surface area contributed by atoms with Crippen molar-refractivity contribution in [2.24, 2.45) is 0 Å². The molecule has 0 unspecified atom stereocenters. The summed E-state index contributed by atoms with van der Waals surface area (Å²) in [6.45, 7) is 1.51. The molecule has 0 aliphatic heterocycles. The lowest BCUT2D eigenvalue weighted by molar-refractivity contribution is -0.147. The molecule has 2 N–H and O–H groups in total. The number of carbonyl (C=O) groups excluding carboxylic acids is 3. The molecule has 0 spiro atoms. The minimum absolute atomic E-state index is 0.0612. The van der Waals surface area contributed by atoms with Crippen molar-refractivity contribution < 1.29 is 19.1 Å². The number of ether oxygens (including phenoxy) is 1. The summed E-state index contributed by atoms with van der Waals surface area (Å²) >= 11 is 5.78. The van der Waals surface area contributed by atoms with E-state index < -0.39 is 11.9 Å². The van der Waals surface area contributed by atoms with Gasteiger partial charge in [-0.15, -0.1) is 0 Å². The van der Waals surface area contributed by atoms with Crippen LogP contribution in [0.3, 0.4) is 0 Å². The molecular weight excluding hydrogens is 368 g/mol. The van der Waals surface area contributed by atoms with Gasteiger partial charge < -0.3 is 15.4 Å². The largest absolute Gasteiger partial charge is 0.456 e. The number of anilines is 2. The number of hydrogen-bond donors (Lipinski definition) is 2. The van der Waals surface area contributed by atoms with Crippen LogP contribution in [-0.2, 0) is 19.1 Å². The van der Waals surface area contributed by atoms with Crippen LogP contribution in [0.2, 0.25) is 5.02 Å². The number of amides is 2. The van der Waals surface area contributed by atoms with E-state index in [2.05, 4.69) is 10.6 Å². The van der Waals surface area contributed by atoms with Crippen LogP contribution in [0.1, 0.15) is 24.8 Å². The third kappa shape index (κ3) is 7.50. The first-order valence-corrected chi connectivity index (χ1v) is 8.88. The molecule has 0 heterocycles. The van der Waals surface area contributed by atoms with Gasteiger partial charge in [-0.05, 0) is 49.2 Å². The number of aryl methyl sites for hydroxylation is 1. The monoisotopic (exact) mass is 388 g/mol. The van der Waals surface area contributed by atoms with Gasteiger partial charge in [0.15, 0.2) is 6.61 Å². The summed E-state index contributed by atoms with van der Waals surface area (Å²) in [5, 5.41) is 5.98. The summed E-state index contributed by atoms with van der Waals surface area (Å²) in [7, 11) is 0. The van der Waals surface area contributed by atoms with Crippen molar-refractivity contribution in [1.29, 1.82) is 0 Å². The number of nitrogens with one attached hydrogen (secondary N) is 2. The molecule has 0 atom stereocenters. The molecular formula is C20H21ClN2O4. The molecule has 0 saturated heterocycles. The molecule has 0 aromatic heterocycles. The van der Waals surface area contributed by atoms with Gasteiger partial charge in [-0.25, -0.2) is 0 Å². The van der Waals surface area contributed by atoms with E-state index in [1.165, 1.54) is 0 Å². The van der Waals surface area contributed by atoms with Crippen LogP contribution in [-0.4, -0.2) is 24.4 Å². The van der Waals surface area contributed by atoms with Gasteiger partial charge >= 0.3 is 5.97 Å². The Bertz CT molecular complexity index is 806. The van der Waals surface area contributed by atoms with Crippen molar-refractivity contribution in [3.05, 3.63) is 59.1 Å². The fourth-order valence-electron chi connectivity index (χ4n) is 2.27. The van der Waals surface area contributed by atoms with Crippen molar-refractivity contribution in [2.75, 3.05) is 17.2 Å². The smallest absolute Gasteiger partial charge is 0.306 e. The van der Waals surface area contributed by atoms with Crippen LogP contribution >= 0.6 is 11.6 Å². The lowest BCUT2D eigenvalue weighted by atomic mass is 10.2. The molecule has 2 aromatic rings. The first-order valence-electron chi connectivity index (χ1n) is 8.50. The highest BCUT2D eigenvalue weighted by Crippen LogP contribution is 2.14. The number of carbonyl (C=O) groups is 3. The van der Waals surface area contributed by atoms with Gasteiger partial charge in [-0.1, -0.05) is 29.8 Å². The molecule has 0 aliphatic rings. The topological polar surface area (TPSA) is 84.5 Å². The SMILES string of the molecule is Cc1ccccc1NC(=O)COC(=O)CCCC(=O)Nc1ccc(Cl)cc1. The van der Waals surface area contributed by atoms with E-state index in [1.807, 2.05) is 25.1 Å². The van der Waals surface area contributed by atoms with Crippen LogP contribution in [0.5, 0.6) is 0 Å². The molecule has 2 rings (SSSR count). The maximum atomic E-state index is 11.8. The molecule has 0 aliphatic carbocycles. The van der Waals surface area contributed by atoms with E-state index in [0.717, 1.165) is 5.56 Å². The fourth-order valence-corrected chi connectivity index (χ4v) is 2.39. The van der Waals surface area contributed by atoms with Gasteiger partial charge in [-0.3, -0.25) is 14.4 Å². The Balaban J connectivity index is 1.63. The first-order chi connectivity index (χ1) is 12.9. The first kappa shape index (κ1) is 20.5. The summed E-state index contributed by atoms with van der Waals surface area (Å²) in [6.07, 6.45) is 0.566. The normalized spacial score (nSPS) is 10.1. The molecule has 0 saturated carbocycles. The predicted octanol–water partition coefficient (Wildman–Crippen LogP) is 3.94. The van der Waals surface area contributed by atoms with Crippen molar-refractivity contribution in [3.8, 4) is 0 Å². The van der Waals surface area contributed by atoms with E-state index in [-0.39, 0.29) is 25.4 Å². The Labute approximate surface area is 162 Å². The van der Waals surface area contributed by atoms with E-state index in [0.29, 0.717) is 22.8 Å². The third-order valence-corrected chi connectivity index (χ3v) is 3.95. The average Bonchev–Trinajstić information content (AvgIpc) is 2.64. The second-order valence-electron chi connectivity index (χ2n) is 5.93. The van der Waals surface area contributed by atoms with E-state index >= 15 is 0 Å². The van der Waals surface area contributed by atoms with Gasteiger partial charge in [0, 0.05) is 29.2 Å². The molecule has 0 fully saturated rings. The van der Waals surface area contributed by atoms with Crippen LogP contribution in [0.4, 0.5) is 11.4 Å². The maximum absolute atomic E-state index is 11.8. The van der Waals surface area contributed by atoms with Crippen molar-refractivity contribution >= 4 is 40.8 Å². The lowest BCUT2D eigenvalue weighted by Crippen LogP contribution is -2.21. The molecule has 0 bridgehead atoms. The zero-order valence-electron chi connectivity index (χ0n) is 15.0.